The third-order valence-corrected chi connectivity index (χ3v) is 4.79. The highest BCUT2D eigenvalue weighted by Crippen LogP contribution is 2.22. The number of nitrogens with zero attached hydrogens (tertiary/aromatic N) is 2. The zero-order valence-corrected chi connectivity index (χ0v) is 14.6. The summed E-state index contributed by atoms with van der Waals surface area (Å²) in [4.78, 5) is 18.0. The van der Waals surface area contributed by atoms with E-state index < -0.39 is 0 Å². The zero-order chi connectivity index (χ0) is 16.2. The molecule has 2 aromatic heterocycles. The number of thiophene rings is 1. The fraction of sp³-hybridized carbons (Fsp3) is 0.133. The maximum atomic E-state index is 11.9. The van der Waals surface area contributed by atoms with Gasteiger partial charge >= 0.3 is 0 Å². The monoisotopic (exact) mass is 392 g/mol. The first kappa shape index (κ1) is 15.7. The number of benzene rings is 1. The number of nitrogens with one attached hydrogen (secondary N) is 2. The van der Waals surface area contributed by atoms with Crippen LogP contribution in [0.15, 0.2) is 45.5 Å². The van der Waals surface area contributed by atoms with E-state index in [1.807, 2.05) is 37.3 Å². The highest BCUT2D eigenvalue weighted by molar-refractivity contribution is 9.11. The normalized spacial score (nSPS) is 11.7. The number of fused-ring (bicyclic) bond motifs is 1. The predicted octanol–water partition coefficient (Wildman–Crippen LogP) is 3.77. The number of carbonyl (C=O) groups is 1. The van der Waals surface area contributed by atoms with Crippen molar-refractivity contribution in [3.05, 3.63) is 45.2 Å². The van der Waals surface area contributed by atoms with E-state index in [1.54, 1.807) is 17.5 Å². The van der Waals surface area contributed by atoms with Gasteiger partial charge in [-0.2, -0.15) is 5.10 Å². The quantitative estimate of drug-likeness (QED) is 0.512. The molecule has 3 rings (SSSR count). The number of halogens is 1. The number of aromatic nitrogens is 2. The Kier molecular flexibility index (Phi) is 4.73. The summed E-state index contributed by atoms with van der Waals surface area (Å²) < 4.78 is 1.02. The Morgan fingerprint density at radius 3 is 3.09 bits per heavy atom. The molecule has 0 fully saturated rings. The third kappa shape index (κ3) is 3.96. The molecule has 0 aliphatic rings. The number of rotatable bonds is 5. The molecule has 0 unspecified atom stereocenters. The first-order valence-corrected chi connectivity index (χ1v) is 8.38. The summed E-state index contributed by atoms with van der Waals surface area (Å²) >= 11 is 4.95. The Labute approximate surface area is 144 Å². The highest BCUT2D eigenvalue weighted by Gasteiger charge is 2.06. The minimum absolute atomic E-state index is 0.148. The van der Waals surface area contributed by atoms with Crippen molar-refractivity contribution in [3.63, 3.8) is 0 Å². The Balaban J connectivity index is 1.55. The van der Waals surface area contributed by atoms with Crippen LogP contribution in [0.5, 0.6) is 0 Å². The standard InChI is InChI=1S/C15H13BrN4O2S/c1-9(13-4-5-14(16)23-13)20-22-8-15(21)18-11-3-2-10-7-17-19-12(10)6-11/h2-7H,8H2,1H3,(H,17,19)(H,18,21)/b20-9+. The first-order chi connectivity index (χ1) is 11.1. The molecule has 1 aromatic carbocycles. The summed E-state index contributed by atoms with van der Waals surface area (Å²) in [5, 5.41) is 14.5. The molecule has 6 nitrogen and oxygen atoms in total. The van der Waals surface area contributed by atoms with Crippen molar-refractivity contribution in [1.82, 2.24) is 10.2 Å². The van der Waals surface area contributed by atoms with E-state index in [0.29, 0.717) is 5.69 Å². The van der Waals surface area contributed by atoms with Gasteiger partial charge in [0.1, 0.15) is 0 Å². The summed E-state index contributed by atoms with van der Waals surface area (Å²) in [5.41, 5.74) is 2.27. The Morgan fingerprint density at radius 1 is 1.43 bits per heavy atom. The largest absolute Gasteiger partial charge is 0.385 e. The molecule has 0 radical (unpaired) electrons. The van der Waals surface area contributed by atoms with E-state index in [9.17, 15) is 4.79 Å². The molecule has 2 heterocycles. The molecule has 0 spiro atoms. The number of carbonyl (C=O) groups excluding carboxylic acids is 1. The van der Waals surface area contributed by atoms with E-state index >= 15 is 0 Å². The summed E-state index contributed by atoms with van der Waals surface area (Å²) in [5.74, 6) is -0.271. The van der Waals surface area contributed by atoms with Crippen LogP contribution in [-0.2, 0) is 9.63 Å². The van der Waals surface area contributed by atoms with E-state index in [-0.39, 0.29) is 12.5 Å². The molecule has 0 saturated carbocycles. The molecule has 0 aliphatic carbocycles. The van der Waals surface area contributed by atoms with Gasteiger partial charge < -0.3 is 10.2 Å². The second-order valence-corrected chi connectivity index (χ2v) is 7.24. The lowest BCUT2D eigenvalue weighted by molar-refractivity contribution is -0.120. The molecule has 3 aromatic rings. The van der Waals surface area contributed by atoms with E-state index in [4.69, 9.17) is 4.84 Å². The Hall–Kier alpha value is -2.19. The van der Waals surface area contributed by atoms with E-state index in [2.05, 4.69) is 36.6 Å². The Bertz CT molecular complexity index is 871. The van der Waals surface area contributed by atoms with Crippen molar-refractivity contribution in [2.45, 2.75) is 6.92 Å². The van der Waals surface area contributed by atoms with Crippen LogP contribution in [0, 0.1) is 0 Å². The van der Waals surface area contributed by atoms with Gasteiger partial charge in [0.05, 0.1) is 26.1 Å². The van der Waals surface area contributed by atoms with Crippen LogP contribution in [0.2, 0.25) is 0 Å². The lowest BCUT2D eigenvalue weighted by atomic mass is 10.2. The molecule has 0 aliphatic heterocycles. The van der Waals surface area contributed by atoms with Crippen molar-refractivity contribution < 1.29 is 9.63 Å². The van der Waals surface area contributed by atoms with Crippen molar-refractivity contribution >= 4 is 55.5 Å². The van der Waals surface area contributed by atoms with Gasteiger partial charge in [0.25, 0.3) is 5.91 Å². The number of oxime groups is 1. The second-order valence-electron chi connectivity index (χ2n) is 4.77. The van der Waals surface area contributed by atoms with Gasteiger partial charge in [0.2, 0.25) is 0 Å². The van der Waals surface area contributed by atoms with E-state index in [1.165, 1.54) is 0 Å². The smallest absolute Gasteiger partial charge is 0.265 e. The van der Waals surface area contributed by atoms with Gasteiger partial charge in [0, 0.05) is 11.1 Å². The molecule has 2 N–H and O–H groups in total. The maximum Gasteiger partial charge on any atom is 0.265 e. The molecule has 118 valence electrons. The lowest BCUT2D eigenvalue weighted by Crippen LogP contribution is -2.17. The molecule has 8 heteroatoms. The number of H-pyrrole nitrogens is 1. The molecule has 0 bridgehead atoms. The van der Waals surface area contributed by atoms with Crippen LogP contribution in [0.3, 0.4) is 0 Å². The predicted molar refractivity (Wildman–Crippen MR) is 94.9 cm³/mol. The van der Waals surface area contributed by atoms with Crippen LogP contribution < -0.4 is 5.32 Å². The van der Waals surface area contributed by atoms with Crippen molar-refractivity contribution in [2.75, 3.05) is 11.9 Å². The summed E-state index contributed by atoms with van der Waals surface area (Å²) in [6.07, 6.45) is 1.73. The molecule has 1 amide bonds. The number of amides is 1. The second kappa shape index (κ2) is 6.93. The van der Waals surface area contributed by atoms with Crippen molar-refractivity contribution in [3.8, 4) is 0 Å². The summed E-state index contributed by atoms with van der Waals surface area (Å²) in [6.45, 7) is 1.69. The zero-order valence-electron chi connectivity index (χ0n) is 12.2. The third-order valence-electron chi connectivity index (χ3n) is 3.05. The molecule has 23 heavy (non-hydrogen) atoms. The van der Waals surface area contributed by atoms with Crippen LogP contribution >= 0.6 is 27.3 Å². The molecule has 0 atom stereocenters. The van der Waals surface area contributed by atoms with Gasteiger partial charge in [-0.15, -0.1) is 11.3 Å². The fourth-order valence-electron chi connectivity index (χ4n) is 1.95. The lowest BCUT2D eigenvalue weighted by Gasteiger charge is -2.04. The molecule has 0 saturated heterocycles. The maximum absolute atomic E-state index is 11.9. The average molecular weight is 393 g/mol. The van der Waals surface area contributed by atoms with Crippen LogP contribution in [0.25, 0.3) is 10.9 Å². The van der Waals surface area contributed by atoms with Gasteiger partial charge in [-0.25, -0.2) is 0 Å². The fourth-order valence-corrected chi connectivity index (χ4v) is 3.28. The SMILES string of the molecule is C/C(=N\OCC(=O)Nc1ccc2cn[nH]c2c1)c1ccc(Br)s1. The van der Waals surface area contributed by atoms with Crippen molar-refractivity contribution in [1.29, 1.82) is 0 Å². The topological polar surface area (TPSA) is 79.4 Å². The first-order valence-electron chi connectivity index (χ1n) is 6.77. The van der Waals surface area contributed by atoms with Crippen LogP contribution in [0.4, 0.5) is 5.69 Å². The van der Waals surface area contributed by atoms with Gasteiger partial charge in [0.15, 0.2) is 6.61 Å². The van der Waals surface area contributed by atoms with Gasteiger partial charge in [-0.05, 0) is 53.2 Å². The number of hydrogen-bond acceptors (Lipinski definition) is 5. The number of aromatic amines is 1. The summed E-state index contributed by atoms with van der Waals surface area (Å²) in [6, 6.07) is 9.39. The Morgan fingerprint density at radius 2 is 2.30 bits per heavy atom. The highest BCUT2D eigenvalue weighted by atomic mass is 79.9. The van der Waals surface area contributed by atoms with Crippen LogP contribution in [0.1, 0.15) is 11.8 Å². The molecular formula is C15H13BrN4O2S. The van der Waals surface area contributed by atoms with Gasteiger partial charge in [-0.1, -0.05) is 5.16 Å². The minimum Gasteiger partial charge on any atom is -0.385 e. The van der Waals surface area contributed by atoms with Crippen molar-refractivity contribution in [2.24, 2.45) is 5.16 Å². The minimum atomic E-state index is -0.271. The van der Waals surface area contributed by atoms with Crippen LogP contribution in [-0.4, -0.2) is 28.4 Å². The van der Waals surface area contributed by atoms with Gasteiger partial charge in [-0.3, -0.25) is 9.89 Å². The van der Waals surface area contributed by atoms with E-state index in [0.717, 1.165) is 25.3 Å². The average Bonchev–Trinajstić information content (AvgIpc) is 3.15. The number of anilines is 1. The number of hydrogen-bond donors (Lipinski definition) is 2. The molecular weight excluding hydrogens is 380 g/mol. The summed E-state index contributed by atoms with van der Waals surface area (Å²) in [7, 11) is 0.